The number of aromatic amines is 1. The summed E-state index contributed by atoms with van der Waals surface area (Å²) < 4.78 is 2.12. The molecule has 2 heterocycles. The smallest absolute Gasteiger partial charge is 0.321 e. The van der Waals surface area contributed by atoms with Crippen LogP contribution in [0.3, 0.4) is 0 Å². The molecule has 4 rings (SSSR count). The molecule has 0 aliphatic heterocycles. The summed E-state index contributed by atoms with van der Waals surface area (Å²) in [6.45, 7) is 4.02. The van der Waals surface area contributed by atoms with Crippen LogP contribution in [0.2, 0.25) is 0 Å². The number of urea groups is 1. The Hall–Kier alpha value is -2.81. The van der Waals surface area contributed by atoms with E-state index in [-0.39, 0.29) is 5.91 Å². The number of hydrogen-bond acceptors (Lipinski definition) is 5. The van der Waals surface area contributed by atoms with Gasteiger partial charge >= 0.3 is 6.03 Å². The Kier molecular flexibility index (Phi) is 5.08. The molecule has 0 bridgehead atoms. The minimum Gasteiger partial charge on any atom is -0.360 e. The van der Waals surface area contributed by atoms with Gasteiger partial charge in [0.05, 0.1) is 5.25 Å². The molecule has 1 atom stereocenters. The minimum atomic E-state index is -0.483. The maximum Gasteiger partial charge on any atom is 0.321 e. The molecule has 0 radical (unpaired) electrons. The molecule has 146 valence electrons. The Bertz CT molecular complexity index is 1020. The highest BCUT2D eigenvalue weighted by Crippen LogP contribution is 2.42. The van der Waals surface area contributed by atoms with Crippen LogP contribution in [0.5, 0.6) is 0 Å². The van der Waals surface area contributed by atoms with Gasteiger partial charge in [-0.1, -0.05) is 30.0 Å². The van der Waals surface area contributed by atoms with E-state index >= 15 is 0 Å². The second kappa shape index (κ2) is 7.67. The summed E-state index contributed by atoms with van der Waals surface area (Å²) in [4.78, 5) is 27.2. The number of imide groups is 1. The number of para-hydroxylation sites is 1. The highest BCUT2D eigenvalue weighted by Gasteiger charge is 2.32. The summed E-state index contributed by atoms with van der Waals surface area (Å²) in [5, 5.41) is 15.0. The molecule has 1 aromatic carbocycles. The monoisotopic (exact) mass is 398 g/mol. The van der Waals surface area contributed by atoms with Crippen LogP contribution in [0.15, 0.2) is 35.6 Å². The average Bonchev–Trinajstić information content (AvgIpc) is 3.29. The van der Waals surface area contributed by atoms with Crippen molar-refractivity contribution in [1.29, 1.82) is 0 Å². The first-order chi connectivity index (χ1) is 13.6. The molecule has 0 unspecified atom stereocenters. The van der Waals surface area contributed by atoms with Crippen molar-refractivity contribution >= 4 is 34.6 Å². The lowest BCUT2D eigenvalue weighted by Crippen LogP contribution is -2.42. The van der Waals surface area contributed by atoms with Gasteiger partial charge in [-0.15, -0.1) is 10.2 Å². The van der Waals surface area contributed by atoms with Gasteiger partial charge in [-0.3, -0.25) is 14.7 Å². The maximum atomic E-state index is 12.3. The average molecular weight is 398 g/mol. The molecule has 2 aromatic heterocycles. The third-order valence-corrected chi connectivity index (χ3v) is 5.69. The molecule has 8 nitrogen and oxygen atoms in total. The van der Waals surface area contributed by atoms with Crippen molar-refractivity contribution in [3.8, 4) is 11.4 Å². The van der Waals surface area contributed by atoms with Crippen LogP contribution in [0.4, 0.5) is 4.79 Å². The highest BCUT2D eigenvalue weighted by atomic mass is 32.2. The summed E-state index contributed by atoms with van der Waals surface area (Å²) >= 11 is 1.32. The number of fused-ring (bicyclic) bond motifs is 1. The van der Waals surface area contributed by atoms with Gasteiger partial charge in [0, 0.05) is 35.2 Å². The van der Waals surface area contributed by atoms with Gasteiger partial charge < -0.3 is 10.3 Å². The molecule has 1 aliphatic carbocycles. The van der Waals surface area contributed by atoms with E-state index in [4.69, 9.17) is 0 Å². The van der Waals surface area contributed by atoms with Gasteiger partial charge in [0.25, 0.3) is 0 Å². The number of nitrogens with one attached hydrogen (secondary N) is 3. The maximum absolute atomic E-state index is 12.3. The fraction of sp³-hybridized carbons (Fsp3) is 0.368. The zero-order valence-corrected chi connectivity index (χ0v) is 16.5. The quantitative estimate of drug-likeness (QED) is 0.554. The van der Waals surface area contributed by atoms with Crippen LogP contribution in [-0.4, -0.2) is 43.5 Å². The number of carbonyl (C=O) groups excluding carboxylic acids is 2. The van der Waals surface area contributed by atoms with Gasteiger partial charge in [0.1, 0.15) is 0 Å². The lowest BCUT2D eigenvalue weighted by Gasteiger charge is -2.13. The normalized spacial score (nSPS) is 14.8. The standard InChI is InChI=1S/C19H22N6O2S/c1-3-20-18(27)22-17(26)11(2)28-19-24-23-16(25(19)12-8-9-12)14-10-21-15-7-5-4-6-13(14)15/h4-7,10-12,21H,3,8-9H2,1-2H3,(H2,20,22,26,27)/t11-/m1/s1. The summed E-state index contributed by atoms with van der Waals surface area (Å²) in [6.07, 6.45) is 4.09. The van der Waals surface area contributed by atoms with Gasteiger partial charge in [0.2, 0.25) is 5.91 Å². The third-order valence-electron chi connectivity index (χ3n) is 4.63. The summed E-state index contributed by atoms with van der Waals surface area (Å²) in [7, 11) is 0. The minimum absolute atomic E-state index is 0.347. The van der Waals surface area contributed by atoms with E-state index in [1.165, 1.54) is 11.8 Å². The topological polar surface area (TPSA) is 105 Å². The predicted octanol–water partition coefficient (Wildman–Crippen LogP) is 3.09. The fourth-order valence-corrected chi connectivity index (χ4v) is 4.01. The zero-order valence-electron chi connectivity index (χ0n) is 15.7. The zero-order chi connectivity index (χ0) is 19.7. The summed E-state index contributed by atoms with van der Waals surface area (Å²) in [5.74, 6) is 0.453. The lowest BCUT2D eigenvalue weighted by molar-refractivity contribution is -0.119. The van der Waals surface area contributed by atoms with E-state index in [1.54, 1.807) is 13.8 Å². The van der Waals surface area contributed by atoms with Crippen molar-refractivity contribution < 1.29 is 9.59 Å². The van der Waals surface area contributed by atoms with E-state index in [0.29, 0.717) is 17.7 Å². The molecule has 3 amide bonds. The van der Waals surface area contributed by atoms with Crippen molar-refractivity contribution in [1.82, 2.24) is 30.4 Å². The first-order valence-corrected chi connectivity index (χ1v) is 10.2. The van der Waals surface area contributed by atoms with Crippen molar-refractivity contribution in [2.45, 2.75) is 43.1 Å². The highest BCUT2D eigenvalue weighted by molar-refractivity contribution is 8.00. The molecule has 0 saturated heterocycles. The second-order valence-corrected chi connectivity index (χ2v) is 8.07. The summed E-state index contributed by atoms with van der Waals surface area (Å²) in [6, 6.07) is 7.94. The lowest BCUT2D eigenvalue weighted by atomic mass is 10.1. The molecule has 9 heteroatoms. The molecule has 1 fully saturated rings. The Morgan fingerprint density at radius 1 is 1.32 bits per heavy atom. The second-order valence-electron chi connectivity index (χ2n) is 6.76. The van der Waals surface area contributed by atoms with Crippen LogP contribution in [0.1, 0.15) is 32.7 Å². The number of carbonyl (C=O) groups is 2. The van der Waals surface area contributed by atoms with Gasteiger partial charge in [-0.2, -0.15) is 0 Å². The fourth-order valence-electron chi connectivity index (χ4n) is 3.09. The molecule has 0 spiro atoms. The third kappa shape index (κ3) is 3.62. The number of rotatable bonds is 6. The Balaban J connectivity index is 1.59. The number of aromatic nitrogens is 4. The SMILES string of the molecule is CCNC(=O)NC(=O)[C@@H](C)Sc1nnc(-c2c[nH]c3ccccc23)n1C1CC1. The van der Waals surface area contributed by atoms with Crippen molar-refractivity contribution in [3.05, 3.63) is 30.5 Å². The number of thioether (sulfide) groups is 1. The van der Waals surface area contributed by atoms with E-state index in [1.807, 2.05) is 24.4 Å². The van der Waals surface area contributed by atoms with Crippen LogP contribution < -0.4 is 10.6 Å². The van der Waals surface area contributed by atoms with Gasteiger partial charge in [-0.05, 0) is 32.8 Å². The van der Waals surface area contributed by atoms with E-state index in [9.17, 15) is 9.59 Å². The predicted molar refractivity (Wildman–Crippen MR) is 108 cm³/mol. The van der Waals surface area contributed by atoms with Gasteiger partial charge in [0.15, 0.2) is 11.0 Å². The number of nitrogens with zero attached hydrogens (tertiary/aromatic N) is 3. The van der Waals surface area contributed by atoms with Crippen molar-refractivity contribution in [2.24, 2.45) is 0 Å². The van der Waals surface area contributed by atoms with Crippen molar-refractivity contribution in [2.75, 3.05) is 6.54 Å². The summed E-state index contributed by atoms with van der Waals surface area (Å²) in [5.41, 5.74) is 2.05. The molecule has 28 heavy (non-hydrogen) atoms. The first-order valence-electron chi connectivity index (χ1n) is 9.35. The number of hydrogen-bond donors (Lipinski definition) is 3. The van der Waals surface area contributed by atoms with Crippen LogP contribution in [-0.2, 0) is 4.79 Å². The Morgan fingerprint density at radius 3 is 2.86 bits per heavy atom. The number of amides is 3. The van der Waals surface area contributed by atoms with E-state index < -0.39 is 11.3 Å². The van der Waals surface area contributed by atoms with Crippen LogP contribution >= 0.6 is 11.8 Å². The Morgan fingerprint density at radius 2 is 2.11 bits per heavy atom. The van der Waals surface area contributed by atoms with Gasteiger partial charge in [-0.25, -0.2) is 4.79 Å². The first kappa shape index (κ1) is 18.5. The van der Waals surface area contributed by atoms with Crippen molar-refractivity contribution in [3.63, 3.8) is 0 Å². The largest absolute Gasteiger partial charge is 0.360 e. The Labute approximate surface area is 166 Å². The molecular formula is C19H22N6O2S. The molecular weight excluding hydrogens is 376 g/mol. The molecule has 3 aromatic rings. The van der Waals surface area contributed by atoms with Crippen LogP contribution in [0.25, 0.3) is 22.3 Å². The van der Waals surface area contributed by atoms with E-state index in [2.05, 4.69) is 36.4 Å². The molecule has 3 N–H and O–H groups in total. The number of H-pyrrole nitrogens is 1. The molecule has 1 aliphatic rings. The number of benzene rings is 1. The molecule has 1 saturated carbocycles. The van der Waals surface area contributed by atoms with Crippen LogP contribution in [0, 0.1) is 0 Å². The van der Waals surface area contributed by atoms with E-state index in [0.717, 1.165) is 35.1 Å².